The Hall–Kier alpha value is 0.190. The van der Waals surface area contributed by atoms with Gasteiger partial charge in [0.25, 0.3) is 0 Å². The van der Waals surface area contributed by atoms with Crippen LogP contribution >= 0.6 is 7.37 Å². The van der Waals surface area contributed by atoms with Crippen molar-refractivity contribution < 1.29 is 9.46 Å². The van der Waals surface area contributed by atoms with Crippen molar-refractivity contribution in [3.8, 4) is 0 Å². The van der Waals surface area contributed by atoms with Crippen molar-refractivity contribution in [2.24, 2.45) is 0 Å². The van der Waals surface area contributed by atoms with Crippen LogP contribution in [0.1, 0.15) is 47.0 Å². The fraction of sp³-hybridized carbons (Fsp3) is 1.00. The predicted molar refractivity (Wildman–Crippen MR) is 53.9 cm³/mol. The molecule has 3 heteroatoms. The highest BCUT2D eigenvalue weighted by atomic mass is 31.2. The largest absolute Gasteiger partial charge is 0.344 e. The molecule has 0 heterocycles. The van der Waals surface area contributed by atoms with Gasteiger partial charge in [-0.25, -0.2) is 0 Å². The van der Waals surface area contributed by atoms with Gasteiger partial charge in [0, 0.05) is 11.3 Å². The molecule has 0 fully saturated rings. The molecule has 2 nitrogen and oxygen atoms in total. The van der Waals surface area contributed by atoms with E-state index >= 15 is 0 Å². The maximum absolute atomic E-state index is 11.9. The SMILES string of the molecule is CCC(CC)P(=O)(O)[C@H](C)CC. The van der Waals surface area contributed by atoms with Crippen LogP contribution < -0.4 is 0 Å². The summed E-state index contributed by atoms with van der Waals surface area (Å²) in [5.74, 6) is 0. The summed E-state index contributed by atoms with van der Waals surface area (Å²) >= 11 is 0. The van der Waals surface area contributed by atoms with E-state index in [1.54, 1.807) is 0 Å². The molecule has 1 unspecified atom stereocenters. The molecule has 0 aromatic carbocycles. The molecule has 0 amide bonds. The normalized spacial score (nSPS) is 19.2. The smallest absolute Gasteiger partial charge is 0.206 e. The molecule has 0 saturated carbocycles. The summed E-state index contributed by atoms with van der Waals surface area (Å²) in [6.07, 6.45) is 2.42. The van der Waals surface area contributed by atoms with E-state index in [2.05, 4.69) is 0 Å². The number of hydrogen-bond acceptors (Lipinski definition) is 1. The molecule has 0 saturated heterocycles. The molecule has 1 N–H and O–H groups in total. The third-order valence-electron chi connectivity index (χ3n) is 2.69. The molecule has 12 heavy (non-hydrogen) atoms. The molecule has 0 radical (unpaired) electrons. The van der Waals surface area contributed by atoms with Crippen LogP contribution in [0.4, 0.5) is 0 Å². The van der Waals surface area contributed by atoms with Crippen LogP contribution in [0, 0.1) is 0 Å². The van der Waals surface area contributed by atoms with Crippen LogP contribution in [0.15, 0.2) is 0 Å². The van der Waals surface area contributed by atoms with Crippen molar-refractivity contribution in [3.63, 3.8) is 0 Å². The summed E-state index contributed by atoms with van der Waals surface area (Å²) in [5, 5.41) is 0. The van der Waals surface area contributed by atoms with Crippen LogP contribution in [0.3, 0.4) is 0 Å². The Labute approximate surface area is 75.8 Å². The third kappa shape index (κ3) is 2.60. The Bertz CT molecular complexity index is 164. The zero-order valence-electron chi connectivity index (χ0n) is 8.58. The van der Waals surface area contributed by atoms with Crippen molar-refractivity contribution in [1.82, 2.24) is 0 Å². The molecule has 0 aromatic heterocycles. The van der Waals surface area contributed by atoms with Crippen LogP contribution in [-0.2, 0) is 4.57 Å². The average Bonchev–Trinajstić information content (AvgIpc) is 2.04. The number of rotatable bonds is 5. The van der Waals surface area contributed by atoms with Crippen molar-refractivity contribution in [1.29, 1.82) is 0 Å². The maximum Gasteiger partial charge on any atom is 0.206 e. The van der Waals surface area contributed by atoms with Gasteiger partial charge >= 0.3 is 0 Å². The molecular formula is C9H21O2P. The summed E-state index contributed by atoms with van der Waals surface area (Å²) in [4.78, 5) is 9.80. The molecular weight excluding hydrogens is 171 g/mol. The summed E-state index contributed by atoms with van der Waals surface area (Å²) < 4.78 is 11.9. The second-order valence-corrected chi connectivity index (χ2v) is 6.36. The van der Waals surface area contributed by atoms with Crippen LogP contribution in [-0.4, -0.2) is 16.2 Å². The second-order valence-electron chi connectivity index (χ2n) is 3.40. The van der Waals surface area contributed by atoms with E-state index in [1.807, 2.05) is 27.7 Å². The Morgan fingerprint density at radius 3 is 1.83 bits per heavy atom. The molecule has 0 aliphatic rings. The van der Waals surface area contributed by atoms with E-state index in [1.165, 1.54) is 0 Å². The lowest BCUT2D eigenvalue weighted by Gasteiger charge is -2.25. The quantitative estimate of drug-likeness (QED) is 0.679. The first-order chi connectivity index (χ1) is 5.50. The van der Waals surface area contributed by atoms with Gasteiger partial charge in [0.1, 0.15) is 0 Å². The highest BCUT2D eigenvalue weighted by Crippen LogP contribution is 2.54. The summed E-state index contributed by atoms with van der Waals surface area (Å²) in [6, 6.07) is 0. The predicted octanol–water partition coefficient (Wildman–Crippen LogP) is 3.24. The molecule has 2 atom stereocenters. The molecule has 0 aliphatic heterocycles. The Morgan fingerprint density at radius 2 is 1.58 bits per heavy atom. The molecule has 0 bridgehead atoms. The third-order valence-corrected chi connectivity index (χ3v) is 6.09. The topological polar surface area (TPSA) is 37.3 Å². The Morgan fingerprint density at radius 1 is 1.17 bits per heavy atom. The van der Waals surface area contributed by atoms with E-state index in [-0.39, 0.29) is 11.3 Å². The van der Waals surface area contributed by atoms with Crippen LogP contribution in [0.2, 0.25) is 0 Å². The summed E-state index contributed by atoms with van der Waals surface area (Å²) in [5.41, 5.74) is -0.0325. The standard InChI is InChI=1S/C9H21O2P/c1-5-8(4)12(10,11)9(6-2)7-3/h8-9H,5-7H2,1-4H3,(H,10,11)/t8-/m1/s1. The minimum absolute atomic E-state index is 0.00690. The first kappa shape index (κ1) is 12.2. The van der Waals surface area contributed by atoms with Crippen molar-refractivity contribution in [3.05, 3.63) is 0 Å². The van der Waals surface area contributed by atoms with Gasteiger partial charge in [0.05, 0.1) is 0 Å². The van der Waals surface area contributed by atoms with E-state index in [0.29, 0.717) is 0 Å². The van der Waals surface area contributed by atoms with E-state index < -0.39 is 7.37 Å². The Kier molecular flexibility index (Phi) is 5.12. The first-order valence-electron chi connectivity index (χ1n) is 4.82. The lowest BCUT2D eigenvalue weighted by Crippen LogP contribution is -2.14. The zero-order valence-corrected chi connectivity index (χ0v) is 9.47. The second kappa shape index (κ2) is 5.04. The average molecular weight is 192 g/mol. The van der Waals surface area contributed by atoms with E-state index in [9.17, 15) is 9.46 Å². The molecule has 0 rings (SSSR count). The van der Waals surface area contributed by atoms with Gasteiger partial charge in [-0.05, 0) is 19.3 Å². The molecule has 0 spiro atoms. The van der Waals surface area contributed by atoms with Gasteiger partial charge in [0.2, 0.25) is 7.37 Å². The van der Waals surface area contributed by atoms with Gasteiger partial charge in [0.15, 0.2) is 0 Å². The number of hydrogen-bond donors (Lipinski definition) is 1. The highest BCUT2D eigenvalue weighted by molar-refractivity contribution is 7.59. The fourth-order valence-electron chi connectivity index (χ4n) is 1.43. The minimum Gasteiger partial charge on any atom is -0.344 e. The minimum atomic E-state index is -2.89. The maximum atomic E-state index is 11.9. The van der Waals surface area contributed by atoms with Crippen LogP contribution in [0.5, 0.6) is 0 Å². The summed E-state index contributed by atoms with van der Waals surface area (Å²) in [7, 11) is -2.89. The first-order valence-corrected chi connectivity index (χ1v) is 6.62. The molecule has 0 aromatic rings. The van der Waals surface area contributed by atoms with Gasteiger partial charge in [-0.2, -0.15) is 0 Å². The van der Waals surface area contributed by atoms with Crippen LogP contribution in [0.25, 0.3) is 0 Å². The van der Waals surface area contributed by atoms with E-state index in [4.69, 9.17) is 0 Å². The highest BCUT2D eigenvalue weighted by Gasteiger charge is 2.32. The lowest BCUT2D eigenvalue weighted by molar-refractivity contribution is 0.442. The Balaban J connectivity index is 4.45. The zero-order chi connectivity index (χ0) is 9.78. The van der Waals surface area contributed by atoms with Gasteiger partial charge in [-0.15, -0.1) is 0 Å². The van der Waals surface area contributed by atoms with Crippen molar-refractivity contribution in [2.75, 3.05) is 0 Å². The van der Waals surface area contributed by atoms with Gasteiger partial charge in [-0.3, -0.25) is 4.57 Å². The van der Waals surface area contributed by atoms with Crippen molar-refractivity contribution in [2.45, 2.75) is 58.3 Å². The van der Waals surface area contributed by atoms with Crippen molar-refractivity contribution >= 4 is 7.37 Å². The van der Waals surface area contributed by atoms with Gasteiger partial charge < -0.3 is 4.89 Å². The molecule has 0 aliphatic carbocycles. The fourth-order valence-corrected chi connectivity index (χ4v) is 3.72. The monoisotopic (exact) mass is 192 g/mol. The van der Waals surface area contributed by atoms with E-state index in [0.717, 1.165) is 19.3 Å². The summed E-state index contributed by atoms with van der Waals surface area (Å²) in [6.45, 7) is 7.81. The lowest BCUT2D eigenvalue weighted by atomic mass is 10.3. The molecule has 74 valence electrons. The van der Waals surface area contributed by atoms with Gasteiger partial charge in [-0.1, -0.05) is 27.7 Å².